The summed E-state index contributed by atoms with van der Waals surface area (Å²) in [5, 5.41) is 27.5. The molecule has 0 unspecified atom stereocenters. The number of aliphatic hydroxyl groups is 1. The Morgan fingerprint density at radius 3 is 2.02 bits per heavy atom. The predicted octanol–water partition coefficient (Wildman–Crippen LogP) is -2.99. The van der Waals surface area contributed by atoms with Crippen molar-refractivity contribution in [2.75, 3.05) is 19.7 Å². The number of nitrogens with one attached hydrogen (secondary N) is 6. The van der Waals surface area contributed by atoms with Crippen LogP contribution in [0.2, 0.25) is 0 Å². The number of fused-ring (bicyclic) bond motifs is 1. The molecule has 1 aliphatic carbocycles. The van der Waals surface area contributed by atoms with E-state index in [1.807, 2.05) is 13.8 Å². The van der Waals surface area contributed by atoms with Crippen LogP contribution < -0.4 is 49.1 Å². The quantitative estimate of drug-likeness (QED) is 0.0314. The first-order valence-electron chi connectivity index (χ1n) is 21.2. The van der Waals surface area contributed by atoms with Crippen molar-refractivity contribution in [3.63, 3.8) is 0 Å². The number of amides is 9. The molecule has 22 nitrogen and oxygen atoms in total. The number of guanidine groups is 1. The fraction of sp³-hybridized carbons (Fsp3) is 0.744. The van der Waals surface area contributed by atoms with Gasteiger partial charge >= 0.3 is 0 Å². The summed E-state index contributed by atoms with van der Waals surface area (Å²) in [5.41, 5.74) is 16.3. The van der Waals surface area contributed by atoms with Crippen LogP contribution in [-0.4, -0.2) is 136 Å². The van der Waals surface area contributed by atoms with Crippen LogP contribution in [0.5, 0.6) is 0 Å². The summed E-state index contributed by atoms with van der Waals surface area (Å²) >= 11 is 0. The highest BCUT2D eigenvalue weighted by atomic mass is 16.3. The van der Waals surface area contributed by atoms with Crippen LogP contribution in [0.1, 0.15) is 111 Å². The summed E-state index contributed by atoms with van der Waals surface area (Å²) in [6.45, 7) is 5.70. The van der Waals surface area contributed by atoms with Gasteiger partial charge in [0, 0.05) is 26.4 Å². The van der Waals surface area contributed by atoms with Crippen LogP contribution in [-0.2, 0) is 43.2 Å². The summed E-state index contributed by atoms with van der Waals surface area (Å²) in [5.74, 6) is -6.27. The van der Waals surface area contributed by atoms with E-state index in [2.05, 4.69) is 36.9 Å². The minimum Gasteiger partial charge on any atom is -0.394 e. The maximum Gasteiger partial charge on any atom is 0.264 e. The SMILES string of the molecule is CC(=O)N[C@@H](CC1CCCCC1)C(=O)N[C@@H](CCCN=C(N)N)C(=O)N[C@@H](C)C(=O)N[C@H]1CCC(=O)N2CCC[C@@H](C(=O)N[C@@H](CO)C(=O)N[C@@H](CC(C)C)C(N)=O)N2C1=O. The molecule has 61 heavy (non-hydrogen) atoms. The molecule has 2 aliphatic heterocycles. The third-order valence-electron chi connectivity index (χ3n) is 11.0. The minimum atomic E-state index is -1.53. The van der Waals surface area contributed by atoms with Crippen LogP contribution in [0.15, 0.2) is 4.99 Å². The van der Waals surface area contributed by atoms with Crippen molar-refractivity contribution in [3.05, 3.63) is 0 Å². The highest BCUT2D eigenvalue weighted by Gasteiger charge is 2.45. The number of nitrogens with zero attached hydrogens (tertiary/aromatic N) is 3. The Balaban J connectivity index is 1.73. The molecule has 0 aromatic rings. The van der Waals surface area contributed by atoms with Gasteiger partial charge in [0.1, 0.15) is 42.3 Å². The summed E-state index contributed by atoms with van der Waals surface area (Å²) in [4.78, 5) is 123. The van der Waals surface area contributed by atoms with Crippen molar-refractivity contribution >= 4 is 59.1 Å². The third-order valence-corrected chi connectivity index (χ3v) is 11.0. The molecule has 0 bridgehead atoms. The van der Waals surface area contributed by atoms with Gasteiger partial charge in [0.25, 0.3) is 5.91 Å². The van der Waals surface area contributed by atoms with Crippen LogP contribution in [0.25, 0.3) is 0 Å². The molecule has 3 fully saturated rings. The molecule has 0 spiro atoms. The zero-order valence-corrected chi connectivity index (χ0v) is 35.7. The number of hydrogen-bond donors (Lipinski definition) is 10. The van der Waals surface area contributed by atoms with Gasteiger partial charge in [-0.05, 0) is 63.7 Å². The van der Waals surface area contributed by atoms with E-state index in [-0.39, 0.29) is 69.4 Å². The molecular weight excluding hydrogens is 797 g/mol. The van der Waals surface area contributed by atoms with Gasteiger partial charge in [0.2, 0.25) is 47.3 Å². The van der Waals surface area contributed by atoms with E-state index in [0.29, 0.717) is 12.8 Å². The topological polar surface area (TPSA) is 343 Å². The van der Waals surface area contributed by atoms with Crippen LogP contribution in [0, 0.1) is 11.8 Å². The van der Waals surface area contributed by atoms with Gasteiger partial charge < -0.3 is 54.2 Å². The van der Waals surface area contributed by atoms with Gasteiger partial charge in [-0.15, -0.1) is 0 Å². The van der Waals surface area contributed by atoms with E-state index in [1.54, 1.807) is 0 Å². The maximum atomic E-state index is 14.1. The average molecular weight is 863 g/mol. The van der Waals surface area contributed by atoms with Crippen molar-refractivity contribution in [2.45, 2.75) is 153 Å². The molecule has 342 valence electrons. The second kappa shape index (κ2) is 24.0. The fourth-order valence-electron chi connectivity index (χ4n) is 7.81. The highest BCUT2D eigenvalue weighted by molar-refractivity contribution is 5.99. The van der Waals surface area contributed by atoms with Gasteiger partial charge in [0.15, 0.2) is 5.96 Å². The summed E-state index contributed by atoms with van der Waals surface area (Å²) in [6, 6.07) is -8.54. The second-order valence-corrected chi connectivity index (χ2v) is 16.5. The Bertz CT molecular complexity index is 1630. The molecule has 7 atom stereocenters. The van der Waals surface area contributed by atoms with Gasteiger partial charge in [-0.2, -0.15) is 0 Å². The lowest BCUT2D eigenvalue weighted by Gasteiger charge is -2.43. The van der Waals surface area contributed by atoms with E-state index in [1.165, 1.54) is 13.8 Å². The lowest BCUT2D eigenvalue weighted by molar-refractivity contribution is -0.176. The number of rotatable bonds is 21. The molecule has 9 amide bonds. The van der Waals surface area contributed by atoms with Gasteiger partial charge in [-0.1, -0.05) is 46.0 Å². The van der Waals surface area contributed by atoms with E-state index in [0.717, 1.165) is 42.1 Å². The van der Waals surface area contributed by atoms with Gasteiger partial charge in [0.05, 0.1) is 6.61 Å². The van der Waals surface area contributed by atoms with E-state index < -0.39 is 102 Å². The Labute approximate surface area is 356 Å². The second-order valence-electron chi connectivity index (χ2n) is 16.5. The van der Waals surface area contributed by atoms with E-state index in [9.17, 15) is 48.3 Å². The van der Waals surface area contributed by atoms with Crippen LogP contribution in [0.3, 0.4) is 0 Å². The summed E-state index contributed by atoms with van der Waals surface area (Å²) < 4.78 is 0. The maximum absolute atomic E-state index is 14.1. The third kappa shape index (κ3) is 15.5. The zero-order valence-electron chi connectivity index (χ0n) is 35.7. The lowest BCUT2D eigenvalue weighted by atomic mass is 9.84. The first kappa shape index (κ1) is 49.8. The Morgan fingerprint density at radius 1 is 0.770 bits per heavy atom. The predicted molar refractivity (Wildman–Crippen MR) is 221 cm³/mol. The molecule has 22 heteroatoms. The Morgan fingerprint density at radius 2 is 1.41 bits per heavy atom. The number of nitrogens with two attached hydrogens (primary N) is 3. The molecule has 3 rings (SSSR count). The monoisotopic (exact) mass is 863 g/mol. The van der Waals surface area contributed by atoms with Crippen LogP contribution in [0.4, 0.5) is 0 Å². The molecule has 2 heterocycles. The van der Waals surface area contributed by atoms with Crippen molar-refractivity contribution < 1.29 is 48.3 Å². The highest BCUT2D eigenvalue weighted by Crippen LogP contribution is 2.28. The van der Waals surface area contributed by atoms with Crippen LogP contribution >= 0.6 is 0 Å². The van der Waals surface area contributed by atoms with Crippen molar-refractivity contribution in [1.29, 1.82) is 0 Å². The lowest BCUT2D eigenvalue weighted by Crippen LogP contribution is -2.65. The van der Waals surface area contributed by atoms with E-state index >= 15 is 0 Å². The molecule has 3 aliphatic rings. The van der Waals surface area contributed by atoms with Crippen molar-refractivity contribution in [3.8, 4) is 0 Å². The molecule has 0 radical (unpaired) electrons. The number of carbonyl (C=O) groups is 9. The smallest absolute Gasteiger partial charge is 0.264 e. The first-order chi connectivity index (χ1) is 28.8. The van der Waals surface area contributed by atoms with Crippen molar-refractivity contribution in [2.24, 2.45) is 34.0 Å². The average Bonchev–Trinajstić information content (AvgIpc) is 3.32. The first-order valence-corrected chi connectivity index (χ1v) is 21.2. The van der Waals surface area contributed by atoms with Crippen molar-refractivity contribution in [1.82, 2.24) is 41.9 Å². The normalized spacial score (nSPS) is 20.7. The summed E-state index contributed by atoms with van der Waals surface area (Å²) in [7, 11) is 0. The zero-order chi connectivity index (χ0) is 45.4. The standard InChI is InChI=1S/C39H66N12O10/c1-21(2)18-27(32(40)55)48-36(59)29(20-52)49-37(60)30-13-9-17-50-31(54)15-14-26(38(61)51(30)50)47-33(56)22(3)44-34(57)25(12-8-16-43-39(41)42)46-35(58)28(45-23(4)53)19-24-10-6-5-7-11-24/h21-22,24-30,52H,5-20H2,1-4H3,(H2,40,55)(H,44,57)(H,45,53)(H,46,58)(H,47,56)(H,48,59)(H,49,60)(H4,41,42,43)/t22-,25-,26-,27-,28-,29-,30-/m0/s1. The minimum absolute atomic E-state index is 0.0179. The number of hydrogen-bond acceptors (Lipinski definition) is 11. The molecule has 0 aromatic carbocycles. The Hall–Kier alpha value is -5.54. The summed E-state index contributed by atoms with van der Waals surface area (Å²) in [6.07, 6.45) is 6.02. The number of carbonyl (C=O) groups excluding carboxylic acids is 9. The Kier molecular flexibility index (Phi) is 19.6. The number of aliphatic hydroxyl groups excluding tert-OH is 1. The molecular formula is C39H66N12O10. The number of primary amides is 1. The fourth-order valence-corrected chi connectivity index (χ4v) is 7.81. The molecule has 1 saturated carbocycles. The molecule has 0 aromatic heterocycles. The largest absolute Gasteiger partial charge is 0.394 e. The molecule has 2 saturated heterocycles. The number of aliphatic imine (C=N–C) groups is 1. The number of hydrazine groups is 1. The molecule has 13 N–H and O–H groups in total. The van der Waals surface area contributed by atoms with Gasteiger partial charge in [-0.3, -0.25) is 53.2 Å². The van der Waals surface area contributed by atoms with Gasteiger partial charge in [-0.25, -0.2) is 5.01 Å². The van der Waals surface area contributed by atoms with E-state index in [4.69, 9.17) is 17.2 Å².